The van der Waals surface area contributed by atoms with Gasteiger partial charge in [0, 0.05) is 10.7 Å². The highest BCUT2D eigenvalue weighted by Crippen LogP contribution is 2.13. The zero-order valence-electron chi connectivity index (χ0n) is 8.07. The Balaban J connectivity index is 2.61. The van der Waals surface area contributed by atoms with Crippen LogP contribution < -0.4 is 5.32 Å². The molecule has 0 fully saturated rings. The first kappa shape index (κ1) is 11.9. The first-order valence-electron chi connectivity index (χ1n) is 4.23. The molecule has 0 amide bonds. The summed E-state index contributed by atoms with van der Waals surface area (Å²) in [5.74, 6) is -0.768. The lowest BCUT2D eigenvalue weighted by atomic mass is 10.1. The number of aliphatic hydroxyl groups is 1. The van der Waals surface area contributed by atoms with E-state index in [1.807, 2.05) is 0 Å². The van der Waals surface area contributed by atoms with Gasteiger partial charge in [0.1, 0.15) is 5.82 Å². The van der Waals surface area contributed by atoms with Gasteiger partial charge in [-0.25, -0.2) is 9.78 Å². The molecule has 1 aromatic heterocycles. The molecule has 3 N–H and O–H groups in total. The lowest BCUT2D eigenvalue weighted by molar-refractivity contribution is -0.155. The topological polar surface area (TPSA) is 82.5 Å². The Hall–Kier alpha value is -1.14. The summed E-state index contributed by atoms with van der Waals surface area (Å²) >= 11 is 3.25. The molecule has 0 saturated carbocycles. The zero-order chi connectivity index (χ0) is 11.5. The van der Waals surface area contributed by atoms with Crippen molar-refractivity contribution in [3.63, 3.8) is 0 Å². The average molecular weight is 275 g/mol. The molecule has 1 unspecified atom stereocenters. The second-order valence-corrected chi connectivity index (χ2v) is 4.21. The first-order valence-corrected chi connectivity index (χ1v) is 5.02. The number of pyridine rings is 1. The molecule has 15 heavy (non-hydrogen) atoms. The smallest absolute Gasteiger partial charge is 0.337 e. The number of nitrogens with one attached hydrogen (secondary N) is 1. The number of carboxylic acids is 1. The summed E-state index contributed by atoms with van der Waals surface area (Å²) < 4.78 is 0.829. The van der Waals surface area contributed by atoms with Gasteiger partial charge in [-0.05, 0) is 19.1 Å². The zero-order valence-corrected chi connectivity index (χ0v) is 9.65. The third-order valence-electron chi connectivity index (χ3n) is 1.80. The van der Waals surface area contributed by atoms with Crippen LogP contribution in [0.15, 0.2) is 22.8 Å². The maximum atomic E-state index is 10.6. The van der Waals surface area contributed by atoms with Gasteiger partial charge >= 0.3 is 5.97 Å². The van der Waals surface area contributed by atoms with Gasteiger partial charge in [-0.15, -0.1) is 0 Å². The van der Waals surface area contributed by atoms with Gasteiger partial charge in [0.25, 0.3) is 0 Å². The molecule has 0 spiro atoms. The van der Waals surface area contributed by atoms with Crippen LogP contribution in [0, 0.1) is 0 Å². The molecule has 0 radical (unpaired) electrons. The lowest BCUT2D eigenvalue weighted by Gasteiger charge is -2.18. The van der Waals surface area contributed by atoms with Crippen LogP contribution in [0.5, 0.6) is 0 Å². The van der Waals surface area contributed by atoms with Crippen molar-refractivity contribution >= 4 is 27.7 Å². The number of carboxylic acid groups (broad SMARTS) is 1. The fraction of sp³-hybridized carbons (Fsp3) is 0.333. The monoisotopic (exact) mass is 274 g/mol. The summed E-state index contributed by atoms with van der Waals surface area (Å²) in [6.45, 7) is 1.12. The van der Waals surface area contributed by atoms with E-state index in [9.17, 15) is 9.90 Å². The number of rotatable bonds is 4. The number of carbonyl (C=O) groups is 1. The van der Waals surface area contributed by atoms with Gasteiger partial charge in [-0.1, -0.05) is 15.9 Å². The van der Waals surface area contributed by atoms with Crippen molar-refractivity contribution in [3.05, 3.63) is 22.8 Å². The largest absolute Gasteiger partial charge is 0.479 e. The van der Waals surface area contributed by atoms with E-state index >= 15 is 0 Å². The molecule has 0 aromatic carbocycles. The Kier molecular flexibility index (Phi) is 3.65. The molecule has 0 aliphatic heterocycles. The van der Waals surface area contributed by atoms with Gasteiger partial charge in [0.2, 0.25) is 0 Å². The molecule has 6 heteroatoms. The van der Waals surface area contributed by atoms with E-state index in [1.54, 1.807) is 18.3 Å². The highest BCUT2D eigenvalue weighted by molar-refractivity contribution is 9.10. The van der Waals surface area contributed by atoms with Crippen LogP contribution in [0.25, 0.3) is 0 Å². The van der Waals surface area contributed by atoms with E-state index in [1.165, 1.54) is 6.92 Å². The highest BCUT2D eigenvalue weighted by atomic mass is 79.9. The minimum atomic E-state index is -1.80. The Morgan fingerprint density at radius 3 is 2.93 bits per heavy atom. The summed E-state index contributed by atoms with van der Waals surface area (Å²) in [7, 11) is 0. The molecule has 0 saturated heterocycles. The SMILES string of the molecule is CC(O)(CNc1cc(Br)ccn1)C(=O)O. The third kappa shape index (κ3) is 3.49. The Morgan fingerprint density at radius 1 is 1.73 bits per heavy atom. The molecule has 0 bridgehead atoms. The second kappa shape index (κ2) is 4.59. The number of hydrogen-bond acceptors (Lipinski definition) is 4. The van der Waals surface area contributed by atoms with E-state index in [0.717, 1.165) is 4.47 Å². The van der Waals surface area contributed by atoms with Gasteiger partial charge in [-0.3, -0.25) is 0 Å². The van der Waals surface area contributed by atoms with Gasteiger partial charge in [-0.2, -0.15) is 0 Å². The van der Waals surface area contributed by atoms with Crippen LogP contribution in [-0.4, -0.2) is 33.3 Å². The van der Waals surface area contributed by atoms with Crippen molar-refractivity contribution in [2.75, 3.05) is 11.9 Å². The predicted molar refractivity (Wildman–Crippen MR) is 58.7 cm³/mol. The van der Waals surface area contributed by atoms with Crippen LogP contribution in [0.4, 0.5) is 5.82 Å². The minimum Gasteiger partial charge on any atom is -0.479 e. The first-order chi connectivity index (χ1) is 6.92. The molecule has 1 atom stereocenters. The van der Waals surface area contributed by atoms with Crippen molar-refractivity contribution in [2.24, 2.45) is 0 Å². The van der Waals surface area contributed by atoms with E-state index in [-0.39, 0.29) is 6.54 Å². The van der Waals surface area contributed by atoms with E-state index < -0.39 is 11.6 Å². The van der Waals surface area contributed by atoms with Crippen molar-refractivity contribution < 1.29 is 15.0 Å². The molecule has 1 heterocycles. The van der Waals surface area contributed by atoms with Gasteiger partial charge < -0.3 is 15.5 Å². The van der Waals surface area contributed by atoms with Crippen LogP contribution in [0.2, 0.25) is 0 Å². The molecule has 82 valence electrons. The highest BCUT2D eigenvalue weighted by Gasteiger charge is 2.29. The lowest BCUT2D eigenvalue weighted by Crippen LogP contribution is -2.41. The molecule has 1 aromatic rings. The molecule has 5 nitrogen and oxygen atoms in total. The average Bonchev–Trinajstić information content (AvgIpc) is 2.15. The number of aliphatic carboxylic acids is 1. The fourth-order valence-corrected chi connectivity index (χ4v) is 1.17. The normalized spacial score (nSPS) is 14.3. The Morgan fingerprint density at radius 2 is 2.40 bits per heavy atom. The fourth-order valence-electron chi connectivity index (χ4n) is 0.840. The maximum Gasteiger partial charge on any atom is 0.337 e. The van der Waals surface area contributed by atoms with Crippen molar-refractivity contribution in [3.8, 4) is 0 Å². The van der Waals surface area contributed by atoms with E-state index in [2.05, 4.69) is 26.2 Å². The molecular formula is C9H11BrN2O3. The quantitative estimate of drug-likeness (QED) is 0.766. The van der Waals surface area contributed by atoms with Crippen molar-refractivity contribution in [1.29, 1.82) is 0 Å². The van der Waals surface area contributed by atoms with Crippen LogP contribution in [-0.2, 0) is 4.79 Å². The number of aromatic nitrogens is 1. The van der Waals surface area contributed by atoms with Crippen molar-refractivity contribution in [1.82, 2.24) is 4.98 Å². The minimum absolute atomic E-state index is 0.105. The molecule has 0 aliphatic carbocycles. The summed E-state index contributed by atoms with van der Waals surface area (Å²) in [6.07, 6.45) is 1.57. The van der Waals surface area contributed by atoms with Crippen LogP contribution in [0.1, 0.15) is 6.92 Å². The van der Waals surface area contributed by atoms with E-state index in [0.29, 0.717) is 5.82 Å². The van der Waals surface area contributed by atoms with Gasteiger partial charge in [0.15, 0.2) is 5.60 Å². The number of anilines is 1. The van der Waals surface area contributed by atoms with Gasteiger partial charge in [0.05, 0.1) is 6.54 Å². The Labute approximate surface area is 95.3 Å². The number of hydrogen-bond donors (Lipinski definition) is 3. The predicted octanol–water partition coefficient (Wildman–Crippen LogP) is 1.09. The Bertz CT molecular complexity index is 368. The summed E-state index contributed by atoms with van der Waals surface area (Å²) in [5, 5.41) is 20.8. The second-order valence-electron chi connectivity index (χ2n) is 3.29. The summed E-state index contributed by atoms with van der Waals surface area (Å²) in [5.41, 5.74) is -1.80. The standard InChI is InChI=1S/C9H11BrN2O3/c1-9(15,8(13)14)5-12-7-4-6(10)2-3-11-7/h2-4,15H,5H2,1H3,(H,11,12)(H,13,14). The number of nitrogens with zero attached hydrogens (tertiary/aromatic N) is 1. The summed E-state index contributed by atoms with van der Waals surface area (Å²) in [4.78, 5) is 14.5. The van der Waals surface area contributed by atoms with Crippen molar-refractivity contribution in [2.45, 2.75) is 12.5 Å². The maximum absolute atomic E-state index is 10.6. The van der Waals surface area contributed by atoms with Crippen LogP contribution >= 0.6 is 15.9 Å². The molecule has 0 aliphatic rings. The van der Waals surface area contributed by atoms with E-state index in [4.69, 9.17) is 5.11 Å². The molecular weight excluding hydrogens is 264 g/mol. The third-order valence-corrected chi connectivity index (χ3v) is 2.29. The van der Waals surface area contributed by atoms with Crippen LogP contribution in [0.3, 0.4) is 0 Å². The number of halogens is 1. The summed E-state index contributed by atoms with van der Waals surface area (Å²) in [6, 6.07) is 3.44. The molecule has 1 rings (SSSR count).